The van der Waals surface area contributed by atoms with Crippen molar-refractivity contribution < 1.29 is 28.3 Å². The summed E-state index contributed by atoms with van der Waals surface area (Å²) in [6, 6.07) is 5.97. The molecule has 2 heterocycles. The molecule has 0 spiro atoms. The minimum Gasteiger partial charge on any atom is -0.465 e. The van der Waals surface area contributed by atoms with Crippen LogP contribution in [0.1, 0.15) is 66.6 Å². The van der Waals surface area contributed by atoms with Crippen molar-refractivity contribution in [1.29, 1.82) is 5.26 Å². The zero-order valence-electron chi connectivity index (χ0n) is 16.9. The van der Waals surface area contributed by atoms with Gasteiger partial charge in [-0.2, -0.15) is 5.26 Å². The number of methoxy groups -OCH3 is 1. The number of nitrogens with zero attached hydrogens (tertiary/aromatic N) is 2. The zero-order valence-corrected chi connectivity index (χ0v) is 16.9. The van der Waals surface area contributed by atoms with Gasteiger partial charge in [-0.05, 0) is 31.0 Å². The molecule has 9 nitrogen and oxygen atoms in total. The molecule has 0 radical (unpaired) electrons. The molecule has 0 saturated heterocycles. The van der Waals surface area contributed by atoms with Crippen LogP contribution in [-0.4, -0.2) is 42.2 Å². The Kier molecular flexibility index (Phi) is 5.43. The van der Waals surface area contributed by atoms with Gasteiger partial charge in [0.25, 0.3) is 17.7 Å². The average Bonchev–Trinajstić information content (AvgIpc) is 3.15. The molecular formula is C21H19N3O6. The number of fused-ring (bicyclic) bond motifs is 1. The van der Waals surface area contributed by atoms with E-state index in [4.69, 9.17) is 4.42 Å². The van der Waals surface area contributed by atoms with Crippen molar-refractivity contribution in [1.82, 2.24) is 4.90 Å². The van der Waals surface area contributed by atoms with E-state index in [1.54, 1.807) is 0 Å². The lowest BCUT2D eigenvalue weighted by Gasteiger charge is -2.15. The van der Waals surface area contributed by atoms with Crippen LogP contribution in [0.4, 0.5) is 5.88 Å². The number of carbonyl (C=O) groups is 4. The summed E-state index contributed by atoms with van der Waals surface area (Å²) in [6.45, 7) is 5.53. The van der Waals surface area contributed by atoms with Gasteiger partial charge >= 0.3 is 5.97 Å². The molecule has 1 aromatic carbocycles. The molecule has 9 heteroatoms. The molecule has 0 bridgehead atoms. The van der Waals surface area contributed by atoms with Gasteiger partial charge in [0.1, 0.15) is 23.0 Å². The lowest BCUT2D eigenvalue weighted by Crippen LogP contribution is -2.33. The smallest absolute Gasteiger partial charge is 0.342 e. The highest BCUT2D eigenvalue weighted by atomic mass is 16.5. The summed E-state index contributed by atoms with van der Waals surface area (Å²) < 4.78 is 9.99. The number of nitrogens with one attached hydrogen (secondary N) is 1. The molecule has 0 unspecified atom stereocenters. The number of benzene rings is 1. The van der Waals surface area contributed by atoms with Gasteiger partial charge < -0.3 is 9.15 Å². The monoisotopic (exact) mass is 409 g/mol. The van der Waals surface area contributed by atoms with Gasteiger partial charge in [-0.1, -0.05) is 13.8 Å². The molecule has 0 fully saturated rings. The van der Waals surface area contributed by atoms with Crippen molar-refractivity contribution in [2.45, 2.75) is 20.8 Å². The summed E-state index contributed by atoms with van der Waals surface area (Å²) in [7, 11) is 1.17. The predicted molar refractivity (Wildman–Crippen MR) is 104 cm³/mol. The molecule has 0 atom stereocenters. The van der Waals surface area contributed by atoms with E-state index in [1.165, 1.54) is 32.2 Å². The van der Waals surface area contributed by atoms with Gasteiger partial charge in [0, 0.05) is 12.1 Å². The van der Waals surface area contributed by atoms with Crippen molar-refractivity contribution in [2.75, 3.05) is 19.0 Å². The lowest BCUT2D eigenvalue weighted by atomic mass is 10.1. The molecular weight excluding hydrogens is 390 g/mol. The fraction of sp³-hybridized carbons (Fsp3) is 0.286. The second-order valence-electron chi connectivity index (χ2n) is 7.17. The van der Waals surface area contributed by atoms with Crippen LogP contribution in [0, 0.1) is 24.2 Å². The van der Waals surface area contributed by atoms with Crippen LogP contribution in [0.5, 0.6) is 0 Å². The summed E-state index contributed by atoms with van der Waals surface area (Å²) in [4.78, 5) is 50.7. The number of hydrogen-bond donors (Lipinski definition) is 1. The van der Waals surface area contributed by atoms with Gasteiger partial charge in [-0.3, -0.25) is 24.6 Å². The van der Waals surface area contributed by atoms with Gasteiger partial charge in [0.15, 0.2) is 0 Å². The Morgan fingerprint density at radius 1 is 1.23 bits per heavy atom. The summed E-state index contributed by atoms with van der Waals surface area (Å²) >= 11 is 0. The molecule has 30 heavy (non-hydrogen) atoms. The lowest BCUT2D eigenvalue weighted by molar-refractivity contribution is 0.0595. The molecule has 154 valence electrons. The average molecular weight is 409 g/mol. The molecule has 0 aliphatic carbocycles. The molecule has 1 aliphatic rings. The van der Waals surface area contributed by atoms with E-state index in [0.29, 0.717) is 0 Å². The van der Waals surface area contributed by atoms with E-state index in [1.807, 2.05) is 19.9 Å². The molecule has 3 rings (SSSR count). The van der Waals surface area contributed by atoms with E-state index in [-0.39, 0.29) is 51.9 Å². The number of nitriles is 1. The van der Waals surface area contributed by atoms with Crippen LogP contribution in [-0.2, 0) is 4.74 Å². The van der Waals surface area contributed by atoms with Gasteiger partial charge in [-0.25, -0.2) is 4.79 Å². The van der Waals surface area contributed by atoms with E-state index < -0.39 is 23.7 Å². The number of hydrogen-bond acceptors (Lipinski definition) is 7. The van der Waals surface area contributed by atoms with Crippen LogP contribution >= 0.6 is 0 Å². The maximum absolute atomic E-state index is 12.7. The highest BCUT2D eigenvalue weighted by molar-refractivity contribution is 6.22. The first-order chi connectivity index (χ1) is 14.2. The molecule has 0 saturated carbocycles. The fourth-order valence-corrected chi connectivity index (χ4v) is 3.23. The van der Waals surface area contributed by atoms with Crippen molar-refractivity contribution in [3.05, 3.63) is 51.8 Å². The summed E-state index contributed by atoms with van der Waals surface area (Å²) in [5.74, 6) is -2.27. The number of anilines is 1. The number of ether oxygens (including phenoxy) is 1. The number of rotatable bonds is 5. The molecule has 1 N–H and O–H groups in total. The maximum Gasteiger partial charge on any atom is 0.342 e. The first kappa shape index (κ1) is 20.8. The molecule has 1 aliphatic heterocycles. The van der Waals surface area contributed by atoms with E-state index in [9.17, 15) is 24.4 Å². The fourth-order valence-electron chi connectivity index (χ4n) is 3.23. The van der Waals surface area contributed by atoms with Crippen molar-refractivity contribution >= 4 is 29.6 Å². The highest BCUT2D eigenvalue weighted by Gasteiger charge is 2.36. The van der Waals surface area contributed by atoms with Crippen molar-refractivity contribution in [2.24, 2.45) is 5.92 Å². The van der Waals surface area contributed by atoms with Crippen LogP contribution in [0.15, 0.2) is 22.6 Å². The van der Waals surface area contributed by atoms with Gasteiger partial charge in [0.05, 0.1) is 18.2 Å². The Hall–Kier alpha value is -3.93. The predicted octanol–water partition coefficient (Wildman–Crippen LogP) is 2.75. The normalized spacial score (nSPS) is 12.7. The molecule has 3 amide bonds. The first-order valence-corrected chi connectivity index (χ1v) is 9.13. The van der Waals surface area contributed by atoms with E-state index in [0.717, 1.165) is 4.90 Å². The third kappa shape index (κ3) is 3.43. The van der Waals surface area contributed by atoms with Gasteiger partial charge in [-0.15, -0.1) is 0 Å². The molecule has 2 aromatic rings. The largest absolute Gasteiger partial charge is 0.465 e. The first-order valence-electron chi connectivity index (χ1n) is 9.13. The SMILES string of the molecule is COC(=O)c1c(C)oc(NC(=O)c2ccc3c(c2)C(=O)N(CC(C)C)C3=O)c1C#N. The number of aryl methyl sites for hydroxylation is 1. The zero-order chi connectivity index (χ0) is 22.2. The number of imide groups is 1. The van der Waals surface area contributed by atoms with Gasteiger partial charge in [0.2, 0.25) is 5.88 Å². The van der Waals surface area contributed by atoms with E-state index in [2.05, 4.69) is 10.1 Å². The van der Waals surface area contributed by atoms with Crippen LogP contribution in [0.3, 0.4) is 0 Å². The Morgan fingerprint density at radius 2 is 1.90 bits per heavy atom. The number of amides is 3. The standard InChI is InChI=1S/C21H19N3O6/c1-10(2)9-24-19(26)13-6-5-12(7-14(13)20(24)27)17(25)23-18-15(8-22)16(11(3)30-18)21(28)29-4/h5-7,10H,9H2,1-4H3,(H,23,25). The minimum absolute atomic E-state index is 0.0747. The highest BCUT2D eigenvalue weighted by Crippen LogP contribution is 2.29. The summed E-state index contributed by atoms with van der Waals surface area (Å²) in [6.07, 6.45) is 0. The maximum atomic E-state index is 12.7. The third-order valence-corrected chi connectivity index (χ3v) is 4.59. The van der Waals surface area contributed by atoms with Crippen LogP contribution in [0.25, 0.3) is 0 Å². The second-order valence-corrected chi connectivity index (χ2v) is 7.17. The second kappa shape index (κ2) is 7.83. The topological polar surface area (TPSA) is 130 Å². The Bertz CT molecular complexity index is 1120. The van der Waals surface area contributed by atoms with Crippen LogP contribution < -0.4 is 5.32 Å². The number of carbonyl (C=O) groups excluding carboxylic acids is 4. The van der Waals surface area contributed by atoms with Crippen molar-refractivity contribution in [3.8, 4) is 6.07 Å². The van der Waals surface area contributed by atoms with E-state index >= 15 is 0 Å². The Labute approximate surface area is 172 Å². The summed E-state index contributed by atoms with van der Waals surface area (Å²) in [5, 5.41) is 11.8. The molecule has 1 aromatic heterocycles. The third-order valence-electron chi connectivity index (χ3n) is 4.59. The Morgan fingerprint density at radius 3 is 2.50 bits per heavy atom. The quantitative estimate of drug-likeness (QED) is 0.593. The summed E-state index contributed by atoms with van der Waals surface area (Å²) in [5.41, 5.74) is 0.229. The minimum atomic E-state index is -0.764. The van der Waals surface area contributed by atoms with Crippen molar-refractivity contribution in [3.63, 3.8) is 0 Å². The number of esters is 1. The van der Waals surface area contributed by atoms with Crippen LogP contribution in [0.2, 0.25) is 0 Å². The number of furan rings is 1. The Balaban J connectivity index is 1.90.